The summed E-state index contributed by atoms with van der Waals surface area (Å²) in [5, 5.41) is 3.39. The molecule has 2 heterocycles. The molecule has 0 aromatic carbocycles. The Bertz CT molecular complexity index is 453. The lowest BCUT2D eigenvalue weighted by Gasteiger charge is -2.29. The van der Waals surface area contributed by atoms with Crippen molar-refractivity contribution < 1.29 is 4.79 Å². The minimum atomic E-state index is -0.404. The molecule has 1 aromatic rings. The summed E-state index contributed by atoms with van der Waals surface area (Å²) in [6.45, 7) is 3.97. The standard InChI is InChI=1S/C14H22N4O/c1-10-5-9-17-14(12(10)13(15)19)18(2)11-4-3-7-16-8-6-11/h5,9,11,16H,3-4,6-8H2,1-2H3,(H2,15,19). The van der Waals surface area contributed by atoms with E-state index >= 15 is 0 Å². The Kier molecular flexibility index (Phi) is 4.37. The van der Waals surface area contributed by atoms with Crippen LogP contribution >= 0.6 is 0 Å². The third kappa shape index (κ3) is 3.04. The maximum absolute atomic E-state index is 11.6. The molecule has 1 fully saturated rings. The summed E-state index contributed by atoms with van der Waals surface area (Å²) < 4.78 is 0. The van der Waals surface area contributed by atoms with Crippen molar-refractivity contribution in [1.82, 2.24) is 10.3 Å². The maximum Gasteiger partial charge on any atom is 0.252 e. The number of aromatic nitrogens is 1. The Hall–Kier alpha value is -1.62. The second-order valence-electron chi connectivity index (χ2n) is 5.14. The van der Waals surface area contributed by atoms with Crippen molar-refractivity contribution in [3.8, 4) is 0 Å². The van der Waals surface area contributed by atoms with E-state index in [-0.39, 0.29) is 0 Å². The largest absolute Gasteiger partial charge is 0.365 e. The first-order chi connectivity index (χ1) is 9.11. The van der Waals surface area contributed by atoms with Crippen LogP contribution in [0.1, 0.15) is 35.2 Å². The van der Waals surface area contributed by atoms with Gasteiger partial charge in [-0.2, -0.15) is 0 Å². The van der Waals surface area contributed by atoms with E-state index in [4.69, 9.17) is 5.73 Å². The third-order valence-electron chi connectivity index (χ3n) is 3.81. The van der Waals surface area contributed by atoms with Gasteiger partial charge in [0.1, 0.15) is 5.82 Å². The van der Waals surface area contributed by atoms with Crippen molar-refractivity contribution in [2.24, 2.45) is 5.73 Å². The molecule has 1 unspecified atom stereocenters. The van der Waals surface area contributed by atoms with E-state index in [0.717, 1.165) is 37.9 Å². The average Bonchev–Trinajstić information content (AvgIpc) is 2.66. The minimum Gasteiger partial charge on any atom is -0.365 e. The van der Waals surface area contributed by atoms with Crippen LogP contribution in [-0.2, 0) is 0 Å². The molecule has 3 N–H and O–H groups in total. The fourth-order valence-electron chi connectivity index (χ4n) is 2.68. The number of carbonyl (C=O) groups excluding carboxylic acids is 1. The molecular formula is C14H22N4O. The minimum absolute atomic E-state index is 0.404. The zero-order valence-corrected chi connectivity index (χ0v) is 11.6. The first kappa shape index (κ1) is 13.8. The molecule has 19 heavy (non-hydrogen) atoms. The smallest absolute Gasteiger partial charge is 0.252 e. The summed E-state index contributed by atoms with van der Waals surface area (Å²) in [5.41, 5.74) is 6.92. The number of nitrogens with zero attached hydrogens (tertiary/aromatic N) is 2. The van der Waals surface area contributed by atoms with Crippen LogP contribution in [0.2, 0.25) is 0 Å². The molecule has 1 aliphatic heterocycles. The molecule has 0 aliphatic carbocycles. The van der Waals surface area contributed by atoms with Gasteiger partial charge in [-0.1, -0.05) is 0 Å². The Morgan fingerprint density at radius 3 is 3.00 bits per heavy atom. The summed E-state index contributed by atoms with van der Waals surface area (Å²) in [4.78, 5) is 18.1. The summed E-state index contributed by atoms with van der Waals surface area (Å²) in [7, 11) is 2.00. The highest BCUT2D eigenvalue weighted by Crippen LogP contribution is 2.24. The van der Waals surface area contributed by atoms with Crippen LogP contribution in [0.3, 0.4) is 0 Å². The van der Waals surface area contributed by atoms with Crippen molar-refractivity contribution >= 4 is 11.7 Å². The van der Waals surface area contributed by atoms with Gasteiger partial charge in [0.25, 0.3) is 5.91 Å². The number of anilines is 1. The Labute approximate surface area is 114 Å². The molecule has 1 aliphatic rings. The zero-order chi connectivity index (χ0) is 13.8. The molecule has 0 saturated carbocycles. The van der Waals surface area contributed by atoms with Gasteiger partial charge in [-0.3, -0.25) is 4.79 Å². The van der Waals surface area contributed by atoms with E-state index in [0.29, 0.717) is 17.4 Å². The van der Waals surface area contributed by atoms with Crippen LogP contribution in [0.4, 0.5) is 5.82 Å². The van der Waals surface area contributed by atoms with Crippen LogP contribution in [-0.4, -0.2) is 37.1 Å². The molecule has 1 saturated heterocycles. The Morgan fingerprint density at radius 2 is 2.26 bits per heavy atom. The van der Waals surface area contributed by atoms with Crippen LogP contribution in [0, 0.1) is 6.92 Å². The molecule has 2 rings (SSSR count). The van der Waals surface area contributed by atoms with Crippen LogP contribution in [0.15, 0.2) is 12.3 Å². The number of amides is 1. The van der Waals surface area contributed by atoms with Gasteiger partial charge in [0.05, 0.1) is 5.56 Å². The molecule has 0 spiro atoms. The number of nitrogens with two attached hydrogens (primary N) is 1. The van der Waals surface area contributed by atoms with E-state index in [1.807, 2.05) is 20.0 Å². The van der Waals surface area contributed by atoms with Gasteiger partial charge in [0.2, 0.25) is 0 Å². The van der Waals surface area contributed by atoms with E-state index < -0.39 is 5.91 Å². The number of pyridine rings is 1. The van der Waals surface area contributed by atoms with Gasteiger partial charge < -0.3 is 16.0 Å². The second kappa shape index (κ2) is 6.02. The quantitative estimate of drug-likeness (QED) is 0.854. The molecular weight excluding hydrogens is 240 g/mol. The van der Waals surface area contributed by atoms with Gasteiger partial charge in [0, 0.05) is 19.3 Å². The highest BCUT2D eigenvalue weighted by atomic mass is 16.1. The molecule has 0 bridgehead atoms. The van der Waals surface area contributed by atoms with Gasteiger partial charge >= 0.3 is 0 Å². The second-order valence-corrected chi connectivity index (χ2v) is 5.14. The predicted molar refractivity (Wildman–Crippen MR) is 76.4 cm³/mol. The van der Waals surface area contributed by atoms with Crippen LogP contribution in [0.5, 0.6) is 0 Å². The molecule has 1 atom stereocenters. The molecule has 0 radical (unpaired) electrons. The Morgan fingerprint density at radius 1 is 1.47 bits per heavy atom. The van der Waals surface area contributed by atoms with Crippen molar-refractivity contribution in [3.05, 3.63) is 23.4 Å². The lowest BCUT2D eigenvalue weighted by Crippen LogP contribution is -2.35. The first-order valence-corrected chi connectivity index (χ1v) is 6.80. The number of aryl methyl sites for hydroxylation is 1. The monoisotopic (exact) mass is 262 g/mol. The maximum atomic E-state index is 11.6. The third-order valence-corrected chi connectivity index (χ3v) is 3.81. The van der Waals surface area contributed by atoms with Crippen molar-refractivity contribution in [1.29, 1.82) is 0 Å². The fourth-order valence-corrected chi connectivity index (χ4v) is 2.68. The normalized spacial score (nSPS) is 19.8. The zero-order valence-electron chi connectivity index (χ0n) is 11.6. The van der Waals surface area contributed by atoms with Crippen LogP contribution in [0.25, 0.3) is 0 Å². The summed E-state index contributed by atoms with van der Waals surface area (Å²) in [5.74, 6) is 0.304. The van der Waals surface area contributed by atoms with E-state index in [1.165, 1.54) is 0 Å². The van der Waals surface area contributed by atoms with Gasteiger partial charge in [-0.15, -0.1) is 0 Å². The van der Waals surface area contributed by atoms with E-state index in [2.05, 4.69) is 15.2 Å². The predicted octanol–water partition coefficient (Wildman–Crippen LogP) is 1.07. The fraction of sp³-hybridized carbons (Fsp3) is 0.571. The number of rotatable bonds is 3. The highest BCUT2D eigenvalue weighted by molar-refractivity contribution is 5.99. The van der Waals surface area contributed by atoms with Gasteiger partial charge in [-0.05, 0) is 50.9 Å². The first-order valence-electron chi connectivity index (χ1n) is 6.80. The van der Waals surface area contributed by atoms with Crippen molar-refractivity contribution in [2.75, 3.05) is 25.0 Å². The lowest BCUT2D eigenvalue weighted by atomic mass is 10.1. The van der Waals surface area contributed by atoms with Gasteiger partial charge in [-0.25, -0.2) is 4.98 Å². The molecule has 5 nitrogen and oxygen atoms in total. The average molecular weight is 262 g/mol. The summed E-state index contributed by atoms with van der Waals surface area (Å²) in [6.07, 6.45) is 5.05. The summed E-state index contributed by atoms with van der Waals surface area (Å²) >= 11 is 0. The SMILES string of the molecule is Cc1ccnc(N(C)C2CCCNCC2)c1C(N)=O. The number of nitrogens with one attached hydrogen (secondary N) is 1. The summed E-state index contributed by atoms with van der Waals surface area (Å²) in [6, 6.07) is 2.23. The van der Waals surface area contributed by atoms with Crippen LogP contribution < -0.4 is 16.0 Å². The molecule has 1 amide bonds. The van der Waals surface area contributed by atoms with E-state index in [1.54, 1.807) is 6.20 Å². The number of hydrogen-bond acceptors (Lipinski definition) is 4. The topological polar surface area (TPSA) is 71.2 Å². The molecule has 104 valence electrons. The van der Waals surface area contributed by atoms with Gasteiger partial charge in [0.15, 0.2) is 0 Å². The molecule has 5 heteroatoms. The van der Waals surface area contributed by atoms with Crippen molar-refractivity contribution in [2.45, 2.75) is 32.2 Å². The van der Waals surface area contributed by atoms with Crippen molar-refractivity contribution in [3.63, 3.8) is 0 Å². The number of hydrogen-bond donors (Lipinski definition) is 2. The highest BCUT2D eigenvalue weighted by Gasteiger charge is 2.22. The lowest BCUT2D eigenvalue weighted by molar-refractivity contribution is 0.1000. The molecule has 1 aromatic heterocycles. The van der Waals surface area contributed by atoms with E-state index in [9.17, 15) is 4.79 Å². The number of primary amides is 1. The Balaban J connectivity index is 2.29. The number of carbonyl (C=O) groups is 1.